The van der Waals surface area contributed by atoms with Gasteiger partial charge in [-0.25, -0.2) is 0 Å². The van der Waals surface area contributed by atoms with Crippen molar-refractivity contribution in [3.8, 4) is 0 Å². The van der Waals surface area contributed by atoms with Crippen LogP contribution in [0.2, 0.25) is 0 Å². The summed E-state index contributed by atoms with van der Waals surface area (Å²) in [5.41, 5.74) is 0. The van der Waals surface area contributed by atoms with E-state index in [1.807, 2.05) is 9.80 Å². The molecule has 0 atom stereocenters. The van der Waals surface area contributed by atoms with Crippen molar-refractivity contribution in [2.24, 2.45) is 0 Å². The number of hydrogen-bond donors (Lipinski definition) is 0. The molecule has 0 aromatic carbocycles. The highest BCUT2D eigenvalue weighted by Crippen LogP contribution is 2.17. The van der Waals surface area contributed by atoms with Gasteiger partial charge in [0.15, 0.2) is 0 Å². The van der Waals surface area contributed by atoms with Crippen molar-refractivity contribution in [2.45, 2.75) is 26.7 Å². The van der Waals surface area contributed by atoms with E-state index in [1.54, 1.807) is 0 Å². The first-order valence-electron chi connectivity index (χ1n) is 6.07. The lowest BCUT2D eigenvalue weighted by Crippen LogP contribution is -2.38. The Kier molecular flexibility index (Phi) is 8.48. The number of rotatable bonds is 2. The number of hydrogen-bond acceptors (Lipinski definition) is 2. The first-order chi connectivity index (χ1) is 8.93. The van der Waals surface area contributed by atoms with Gasteiger partial charge in [-0.15, -0.1) is 0 Å². The van der Waals surface area contributed by atoms with Crippen molar-refractivity contribution >= 4 is 75.5 Å². The topological polar surface area (TPSA) is 40.6 Å². The summed E-state index contributed by atoms with van der Waals surface area (Å²) in [6.07, 6.45) is 2.63. The van der Waals surface area contributed by atoms with Crippen LogP contribution in [0, 0.1) is 0 Å². The maximum Gasteiger partial charge on any atom is 0.247 e. The van der Waals surface area contributed by atoms with Crippen LogP contribution in [0.3, 0.4) is 0 Å². The lowest BCUT2D eigenvalue weighted by atomic mass is 10.3. The van der Waals surface area contributed by atoms with E-state index in [-0.39, 0.29) is 19.3 Å². The molecule has 1 fully saturated rings. The fourth-order valence-corrected chi connectivity index (χ4v) is 3.16. The van der Waals surface area contributed by atoms with Crippen molar-refractivity contribution in [3.05, 3.63) is 0 Å². The summed E-state index contributed by atoms with van der Waals surface area (Å²) in [5, 5.41) is 0. The van der Waals surface area contributed by atoms with Crippen LogP contribution in [-0.4, -0.2) is 55.3 Å². The van der Waals surface area contributed by atoms with Gasteiger partial charge in [-0.1, -0.05) is 63.7 Å². The molecule has 0 radical (unpaired) electrons. The van der Waals surface area contributed by atoms with E-state index in [0.717, 1.165) is 32.4 Å². The smallest absolute Gasteiger partial charge is 0.247 e. The third-order valence-electron chi connectivity index (χ3n) is 2.96. The quantitative estimate of drug-likeness (QED) is 0.518. The van der Waals surface area contributed by atoms with Gasteiger partial charge in [0.2, 0.25) is 11.8 Å². The summed E-state index contributed by atoms with van der Waals surface area (Å²) in [6.45, 7) is 2.87. The Balaban J connectivity index is 2.57. The van der Waals surface area contributed by atoms with Gasteiger partial charge >= 0.3 is 0 Å². The van der Waals surface area contributed by atoms with Crippen LogP contribution in [0.5, 0.6) is 0 Å². The zero-order valence-electron chi connectivity index (χ0n) is 10.3. The van der Waals surface area contributed by atoms with E-state index in [9.17, 15) is 9.59 Å². The van der Waals surface area contributed by atoms with Crippen molar-refractivity contribution in [1.82, 2.24) is 9.80 Å². The fraction of sp³-hybridized carbons (Fsp3) is 0.818. The Labute approximate surface area is 147 Å². The summed E-state index contributed by atoms with van der Waals surface area (Å²) in [4.78, 5) is 27.6. The molecule has 19 heavy (non-hydrogen) atoms. The molecule has 0 aromatic heterocycles. The molecule has 4 nitrogen and oxygen atoms in total. The molecule has 110 valence electrons. The van der Waals surface area contributed by atoms with Gasteiger partial charge in [0.25, 0.3) is 0 Å². The second-order valence-corrected chi connectivity index (χ2v) is 10.4. The zero-order chi connectivity index (χ0) is 14.4. The summed E-state index contributed by atoms with van der Waals surface area (Å²) in [6, 6.07) is 0. The third-order valence-corrected chi connectivity index (χ3v) is 4.53. The SMILES string of the molecule is O=C(C(Br)Br)N1CCCCN(C(=O)C(Br)Br)CCC1. The molecular formula is C11H16Br4N2O2. The van der Waals surface area contributed by atoms with Crippen LogP contribution in [0.1, 0.15) is 19.3 Å². The van der Waals surface area contributed by atoms with Gasteiger partial charge in [-0.2, -0.15) is 0 Å². The maximum atomic E-state index is 11.9. The number of halogens is 4. The lowest BCUT2D eigenvalue weighted by Gasteiger charge is -2.24. The van der Waals surface area contributed by atoms with Crippen LogP contribution in [0.15, 0.2) is 0 Å². The second kappa shape index (κ2) is 9.00. The van der Waals surface area contributed by atoms with Gasteiger partial charge in [0.1, 0.15) is 7.47 Å². The highest BCUT2D eigenvalue weighted by molar-refractivity contribution is 9.25. The minimum atomic E-state index is -0.326. The molecule has 1 rings (SSSR count). The number of nitrogens with zero attached hydrogens (tertiary/aromatic N) is 2. The van der Waals surface area contributed by atoms with Gasteiger partial charge in [0.05, 0.1) is 0 Å². The maximum absolute atomic E-state index is 11.9. The van der Waals surface area contributed by atoms with Gasteiger partial charge < -0.3 is 9.80 Å². The Hall–Kier alpha value is 0.860. The van der Waals surface area contributed by atoms with Crippen molar-refractivity contribution in [1.29, 1.82) is 0 Å². The number of amides is 2. The molecule has 1 aliphatic rings. The first kappa shape index (κ1) is 17.9. The molecule has 0 aliphatic carbocycles. The van der Waals surface area contributed by atoms with E-state index < -0.39 is 0 Å². The van der Waals surface area contributed by atoms with Crippen molar-refractivity contribution in [2.75, 3.05) is 26.2 Å². The molecule has 0 N–H and O–H groups in total. The fourth-order valence-electron chi connectivity index (χ4n) is 2.00. The molecule has 1 saturated heterocycles. The third kappa shape index (κ3) is 6.01. The molecule has 2 amide bonds. The van der Waals surface area contributed by atoms with Crippen LogP contribution < -0.4 is 0 Å². The van der Waals surface area contributed by atoms with E-state index >= 15 is 0 Å². The number of carbonyl (C=O) groups excluding carboxylic acids is 2. The Bertz CT molecular complexity index is 296. The molecule has 0 aromatic rings. The predicted octanol–water partition coefficient (Wildman–Crippen LogP) is 3.06. The van der Waals surface area contributed by atoms with E-state index in [0.29, 0.717) is 13.1 Å². The largest absolute Gasteiger partial charge is 0.341 e. The van der Waals surface area contributed by atoms with Crippen molar-refractivity contribution < 1.29 is 9.59 Å². The van der Waals surface area contributed by atoms with Gasteiger partial charge in [0, 0.05) is 26.2 Å². The van der Waals surface area contributed by atoms with E-state index in [4.69, 9.17) is 0 Å². The minimum Gasteiger partial charge on any atom is -0.341 e. The summed E-state index contributed by atoms with van der Waals surface area (Å²) >= 11 is 13.0. The van der Waals surface area contributed by atoms with Crippen molar-refractivity contribution in [3.63, 3.8) is 0 Å². The van der Waals surface area contributed by atoms with Gasteiger partial charge in [-0.05, 0) is 19.3 Å². The van der Waals surface area contributed by atoms with Crippen LogP contribution in [0.25, 0.3) is 0 Å². The average molecular weight is 528 g/mol. The first-order valence-corrected chi connectivity index (χ1v) is 9.73. The predicted molar refractivity (Wildman–Crippen MR) is 90.3 cm³/mol. The molecule has 1 aliphatic heterocycles. The van der Waals surface area contributed by atoms with Crippen LogP contribution >= 0.6 is 63.7 Å². The Morgan fingerprint density at radius 2 is 1.00 bits per heavy atom. The Morgan fingerprint density at radius 1 is 0.684 bits per heavy atom. The highest BCUT2D eigenvalue weighted by Gasteiger charge is 2.23. The number of alkyl halides is 4. The normalized spacial score (nSPS) is 18.2. The Morgan fingerprint density at radius 3 is 1.32 bits per heavy atom. The molecule has 1 heterocycles. The summed E-state index contributed by atoms with van der Waals surface area (Å²) in [5.74, 6) is 0.109. The molecular weight excluding hydrogens is 512 g/mol. The molecule has 8 heteroatoms. The standard InChI is InChI=1S/C11H16Br4N2O2/c12-8(13)10(18)16-4-1-2-5-17(7-3-6-16)11(19)9(14)15/h8-9H,1-7H2. The van der Waals surface area contributed by atoms with Gasteiger partial charge in [-0.3, -0.25) is 9.59 Å². The zero-order valence-corrected chi connectivity index (χ0v) is 16.7. The van der Waals surface area contributed by atoms with E-state index in [2.05, 4.69) is 63.7 Å². The number of carbonyl (C=O) groups is 2. The van der Waals surface area contributed by atoms with Crippen LogP contribution in [-0.2, 0) is 9.59 Å². The van der Waals surface area contributed by atoms with E-state index in [1.165, 1.54) is 0 Å². The highest BCUT2D eigenvalue weighted by atomic mass is 79.9. The summed E-state index contributed by atoms with van der Waals surface area (Å²) < 4.78 is -0.652. The average Bonchev–Trinajstić information content (AvgIpc) is 2.48. The second-order valence-electron chi connectivity index (χ2n) is 4.31. The lowest BCUT2D eigenvalue weighted by molar-refractivity contribution is -0.128. The molecule has 0 saturated carbocycles. The monoisotopic (exact) mass is 524 g/mol. The molecule has 0 spiro atoms. The van der Waals surface area contributed by atoms with Crippen LogP contribution in [0.4, 0.5) is 0 Å². The molecule has 0 unspecified atom stereocenters. The summed E-state index contributed by atoms with van der Waals surface area (Å²) in [7, 11) is 0. The molecule has 0 bridgehead atoms. The minimum absolute atomic E-state index is 0.0543.